The molecule has 1 aliphatic heterocycles. The van der Waals surface area contributed by atoms with Crippen molar-refractivity contribution < 1.29 is 17.6 Å². The molecule has 0 fully saturated rings. The van der Waals surface area contributed by atoms with Gasteiger partial charge in [0.15, 0.2) is 0 Å². The molecule has 3 rings (SSSR count). The molecule has 0 aromatic heterocycles. The largest absolute Gasteiger partial charge is 0.359 e. The number of primary sulfonamides is 1. The lowest BCUT2D eigenvalue weighted by Crippen LogP contribution is -2.37. The van der Waals surface area contributed by atoms with Crippen molar-refractivity contribution in [2.45, 2.75) is 24.3 Å². The van der Waals surface area contributed by atoms with Gasteiger partial charge in [0.2, 0.25) is 15.9 Å². The van der Waals surface area contributed by atoms with Gasteiger partial charge in [-0.15, -0.1) is 0 Å². The third kappa shape index (κ3) is 3.82. The van der Waals surface area contributed by atoms with Crippen molar-refractivity contribution in [2.24, 2.45) is 5.14 Å². The van der Waals surface area contributed by atoms with Crippen molar-refractivity contribution in [3.8, 4) is 0 Å². The van der Waals surface area contributed by atoms with Crippen LogP contribution in [-0.4, -0.2) is 26.9 Å². The number of hydrogen-bond acceptors (Lipinski definition) is 4. The number of carbonyl (C=O) groups excluding carboxylic acids is 1. The molecule has 138 valence electrons. The van der Waals surface area contributed by atoms with E-state index >= 15 is 0 Å². The monoisotopic (exact) mass is 397 g/mol. The highest BCUT2D eigenvalue weighted by molar-refractivity contribution is 7.89. The number of fused-ring (bicyclic) bond motifs is 1. The fraction of sp³-hybridized carbons (Fsp3) is 0.235. The number of anilines is 2. The standard InChI is InChI=1S/C17H17ClFN3O3S/c1-10-6-11-7-13(26(20,24)25)3-5-16(11)22(10)9-17(23)21-15-4-2-12(18)8-14(15)19/h2-5,7-8,10H,6,9H2,1H3,(H,21,23)(H2,20,24,25). The summed E-state index contributed by atoms with van der Waals surface area (Å²) in [7, 11) is -3.78. The van der Waals surface area contributed by atoms with Crippen LogP contribution in [0.5, 0.6) is 0 Å². The van der Waals surface area contributed by atoms with Crippen LogP contribution in [0.4, 0.5) is 15.8 Å². The first-order valence-electron chi connectivity index (χ1n) is 7.82. The first-order valence-corrected chi connectivity index (χ1v) is 9.75. The molecule has 1 amide bonds. The number of halogens is 2. The van der Waals surface area contributed by atoms with Crippen molar-refractivity contribution in [3.05, 3.63) is 52.8 Å². The first kappa shape index (κ1) is 18.6. The number of nitrogens with one attached hydrogen (secondary N) is 1. The van der Waals surface area contributed by atoms with Crippen LogP contribution in [0.3, 0.4) is 0 Å². The van der Waals surface area contributed by atoms with Crippen LogP contribution in [0.1, 0.15) is 12.5 Å². The number of rotatable bonds is 4. The van der Waals surface area contributed by atoms with Gasteiger partial charge in [-0.25, -0.2) is 17.9 Å². The molecule has 0 saturated heterocycles. The predicted molar refractivity (Wildman–Crippen MR) is 98.4 cm³/mol. The molecule has 3 N–H and O–H groups in total. The van der Waals surface area contributed by atoms with Gasteiger partial charge in [0.25, 0.3) is 0 Å². The summed E-state index contributed by atoms with van der Waals surface area (Å²) in [5, 5.41) is 7.93. The van der Waals surface area contributed by atoms with Gasteiger partial charge in [-0.2, -0.15) is 0 Å². The van der Waals surface area contributed by atoms with Crippen LogP contribution in [0.2, 0.25) is 5.02 Å². The fourth-order valence-electron chi connectivity index (χ4n) is 3.02. The Morgan fingerprint density at radius 1 is 1.35 bits per heavy atom. The lowest BCUT2D eigenvalue weighted by Gasteiger charge is -2.24. The number of sulfonamides is 1. The SMILES string of the molecule is CC1Cc2cc(S(N)(=O)=O)ccc2N1CC(=O)Nc1ccc(Cl)cc1F. The van der Waals surface area contributed by atoms with Crippen LogP contribution in [0.25, 0.3) is 0 Å². The third-order valence-corrected chi connectivity index (χ3v) is 5.40. The van der Waals surface area contributed by atoms with Crippen LogP contribution < -0.4 is 15.4 Å². The Morgan fingerprint density at radius 3 is 2.73 bits per heavy atom. The quantitative estimate of drug-likeness (QED) is 0.829. The molecule has 0 saturated carbocycles. The highest BCUT2D eigenvalue weighted by Gasteiger charge is 2.28. The summed E-state index contributed by atoms with van der Waals surface area (Å²) in [5.41, 5.74) is 1.61. The van der Waals surface area contributed by atoms with Gasteiger partial charge in [0, 0.05) is 16.8 Å². The third-order valence-electron chi connectivity index (χ3n) is 4.26. The van der Waals surface area contributed by atoms with Gasteiger partial charge < -0.3 is 10.2 Å². The van der Waals surface area contributed by atoms with Gasteiger partial charge in [-0.3, -0.25) is 4.79 Å². The number of amides is 1. The smallest absolute Gasteiger partial charge is 0.243 e. The number of hydrogen-bond donors (Lipinski definition) is 2. The van der Waals surface area contributed by atoms with Crippen molar-refractivity contribution in [1.29, 1.82) is 0 Å². The number of nitrogens with zero attached hydrogens (tertiary/aromatic N) is 1. The molecule has 2 aromatic carbocycles. The minimum Gasteiger partial charge on any atom is -0.359 e. The molecule has 1 aliphatic rings. The van der Waals surface area contributed by atoms with Crippen molar-refractivity contribution in [3.63, 3.8) is 0 Å². The van der Waals surface area contributed by atoms with Crippen LogP contribution in [0.15, 0.2) is 41.3 Å². The fourth-order valence-corrected chi connectivity index (χ4v) is 3.75. The molecule has 6 nitrogen and oxygen atoms in total. The summed E-state index contributed by atoms with van der Waals surface area (Å²) in [6.07, 6.45) is 0.585. The lowest BCUT2D eigenvalue weighted by molar-refractivity contribution is -0.115. The van der Waals surface area contributed by atoms with Gasteiger partial charge in [0.05, 0.1) is 17.1 Å². The molecule has 2 aromatic rings. The molecular formula is C17H17ClFN3O3S. The van der Waals surface area contributed by atoms with Gasteiger partial charge >= 0.3 is 0 Å². The minimum absolute atomic E-state index is 0.00492. The summed E-state index contributed by atoms with van der Waals surface area (Å²) in [5.74, 6) is -1.00. The van der Waals surface area contributed by atoms with E-state index in [2.05, 4.69) is 5.32 Å². The van der Waals surface area contributed by atoms with E-state index in [9.17, 15) is 17.6 Å². The van der Waals surface area contributed by atoms with Gasteiger partial charge in [-0.05, 0) is 55.3 Å². The van der Waals surface area contributed by atoms with E-state index in [1.807, 2.05) is 11.8 Å². The van der Waals surface area contributed by atoms with E-state index in [4.69, 9.17) is 16.7 Å². The van der Waals surface area contributed by atoms with Gasteiger partial charge in [-0.1, -0.05) is 11.6 Å². The minimum atomic E-state index is -3.78. The number of benzene rings is 2. The molecular weight excluding hydrogens is 381 g/mol. The van der Waals surface area contributed by atoms with Crippen LogP contribution in [0, 0.1) is 5.82 Å². The highest BCUT2D eigenvalue weighted by atomic mass is 35.5. The van der Waals surface area contributed by atoms with E-state index in [-0.39, 0.29) is 34.1 Å². The molecule has 0 aliphatic carbocycles. The van der Waals surface area contributed by atoms with Crippen molar-refractivity contribution >= 4 is 38.9 Å². The molecule has 0 spiro atoms. The zero-order valence-electron chi connectivity index (χ0n) is 13.9. The summed E-state index contributed by atoms with van der Waals surface area (Å²) in [6, 6.07) is 8.57. The number of carbonyl (C=O) groups is 1. The lowest BCUT2D eigenvalue weighted by atomic mass is 10.1. The molecule has 1 atom stereocenters. The second-order valence-corrected chi connectivity index (χ2v) is 8.19. The van der Waals surface area contributed by atoms with Crippen LogP contribution in [-0.2, 0) is 21.2 Å². The summed E-state index contributed by atoms with van der Waals surface area (Å²) < 4.78 is 36.8. The Morgan fingerprint density at radius 2 is 2.08 bits per heavy atom. The maximum atomic E-state index is 13.8. The van der Waals surface area contributed by atoms with E-state index < -0.39 is 15.8 Å². The van der Waals surface area contributed by atoms with E-state index in [1.165, 1.54) is 24.3 Å². The van der Waals surface area contributed by atoms with Gasteiger partial charge in [0.1, 0.15) is 5.82 Å². The predicted octanol–water partition coefficient (Wildman–Crippen LogP) is 2.52. The van der Waals surface area contributed by atoms with Crippen LogP contribution >= 0.6 is 11.6 Å². The van der Waals surface area contributed by atoms with E-state index in [0.29, 0.717) is 6.42 Å². The Kier molecular flexibility index (Phi) is 4.92. The Bertz CT molecular complexity index is 981. The molecule has 0 bridgehead atoms. The Hall–Kier alpha value is -2.16. The molecule has 9 heteroatoms. The average Bonchev–Trinajstić information content (AvgIpc) is 2.84. The zero-order valence-corrected chi connectivity index (χ0v) is 15.4. The molecule has 26 heavy (non-hydrogen) atoms. The Balaban J connectivity index is 1.78. The molecule has 0 radical (unpaired) electrons. The summed E-state index contributed by atoms with van der Waals surface area (Å²) >= 11 is 5.70. The van der Waals surface area contributed by atoms with E-state index in [1.54, 1.807) is 6.07 Å². The summed E-state index contributed by atoms with van der Waals surface area (Å²) in [6.45, 7) is 1.93. The highest BCUT2D eigenvalue weighted by Crippen LogP contribution is 2.33. The van der Waals surface area contributed by atoms with E-state index in [0.717, 1.165) is 17.3 Å². The maximum absolute atomic E-state index is 13.8. The zero-order chi connectivity index (χ0) is 19.1. The Labute approximate surface area is 155 Å². The van der Waals surface area contributed by atoms with Crippen molar-refractivity contribution in [1.82, 2.24) is 0 Å². The second-order valence-electron chi connectivity index (χ2n) is 6.19. The first-order chi connectivity index (χ1) is 12.1. The summed E-state index contributed by atoms with van der Waals surface area (Å²) in [4.78, 5) is 14.2. The maximum Gasteiger partial charge on any atom is 0.243 e. The topological polar surface area (TPSA) is 92.5 Å². The number of nitrogens with two attached hydrogens (primary N) is 1. The second kappa shape index (κ2) is 6.86. The average molecular weight is 398 g/mol. The normalized spacial score (nSPS) is 16.5. The van der Waals surface area contributed by atoms with Crippen molar-refractivity contribution in [2.75, 3.05) is 16.8 Å². The molecule has 1 heterocycles. The molecule has 1 unspecified atom stereocenters.